The van der Waals surface area contributed by atoms with Gasteiger partial charge in [-0.05, 0) is 19.1 Å². The Morgan fingerprint density at radius 3 is 2.75 bits per heavy atom. The van der Waals surface area contributed by atoms with Gasteiger partial charge in [0, 0.05) is 31.2 Å². The topological polar surface area (TPSA) is 34.1 Å². The monoisotopic (exact) mass is 166 g/mol. The number of nitrogens with zero attached hydrogens (tertiary/aromatic N) is 1. The van der Waals surface area contributed by atoms with E-state index in [2.05, 4.69) is 17.2 Å². The fourth-order valence-corrected chi connectivity index (χ4v) is 1.02. The largest absolute Gasteiger partial charge is 0.383 e. The lowest BCUT2D eigenvalue weighted by Crippen LogP contribution is -2.20. The number of hydrogen-bond acceptors (Lipinski definition) is 3. The summed E-state index contributed by atoms with van der Waals surface area (Å²) in [4.78, 5) is 3.93. The summed E-state index contributed by atoms with van der Waals surface area (Å²) in [6.45, 7) is 2.78. The van der Waals surface area contributed by atoms with Crippen molar-refractivity contribution in [1.82, 2.24) is 4.98 Å². The molecule has 0 fully saturated rings. The average molecular weight is 166 g/mol. The van der Waals surface area contributed by atoms with Crippen LogP contribution in [0.25, 0.3) is 0 Å². The van der Waals surface area contributed by atoms with Gasteiger partial charge in [0.25, 0.3) is 0 Å². The van der Waals surface area contributed by atoms with Gasteiger partial charge in [0.2, 0.25) is 0 Å². The van der Waals surface area contributed by atoms with Crippen LogP contribution in [0.5, 0.6) is 0 Å². The number of pyridine rings is 1. The highest BCUT2D eigenvalue weighted by molar-refractivity contribution is 5.41. The van der Waals surface area contributed by atoms with Crippen molar-refractivity contribution in [2.24, 2.45) is 0 Å². The van der Waals surface area contributed by atoms with Crippen LogP contribution in [0.4, 0.5) is 5.69 Å². The molecule has 3 heteroatoms. The molecule has 3 nitrogen and oxygen atoms in total. The fraction of sp³-hybridized carbons (Fsp3) is 0.444. The van der Waals surface area contributed by atoms with Crippen LogP contribution in [0, 0.1) is 0 Å². The molecule has 1 N–H and O–H groups in total. The van der Waals surface area contributed by atoms with E-state index in [1.807, 2.05) is 12.1 Å². The summed E-state index contributed by atoms with van der Waals surface area (Å²) in [6, 6.07) is 4.20. The van der Waals surface area contributed by atoms with Crippen LogP contribution in [-0.4, -0.2) is 24.7 Å². The van der Waals surface area contributed by atoms with Crippen molar-refractivity contribution in [3.8, 4) is 0 Å². The van der Waals surface area contributed by atoms with Crippen LogP contribution in [-0.2, 0) is 4.74 Å². The van der Waals surface area contributed by atoms with Crippen molar-refractivity contribution in [2.75, 3.05) is 19.0 Å². The molecular formula is C9H14N2O. The van der Waals surface area contributed by atoms with E-state index in [9.17, 15) is 0 Å². The summed E-state index contributed by atoms with van der Waals surface area (Å²) in [5, 5.41) is 3.28. The minimum atomic E-state index is 0.331. The van der Waals surface area contributed by atoms with Gasteiger partial charge < -0.3 is 10.1 Å². The molecule has 0 bridgehead atoms. The summed E-state index contributed by atoms with van der Waals surface area (Å²) < 4.78 is 5.00. The summed E-state index contributed by atoms with van der Waals surface area (Å²) in [7, 11) is 1.70. The van der Waals surface area contributed by atoms with Gasteiger partial charge in [-0.3, -0.25) is 4.98 Å². The molecule has 0 radical (unpaired) electrons. The number of nitrogens with one attached hydrogen (secondary N) is 1. The summed E-state index contributed by atoms with van der Waals surface area (Å²) in [5.74, 6) is 0. The van der Waals surface area contributed by atoms with E-state index in [1.54, 1.807) is 19.5 Å². The SMILES string of the molecule is COCC(C)Nc1ccncc1. The van der Waals surface area contributed by atoms with Crippen molar-refractivity contribution in [3.63, 3.8) is 0 Å². The van der Waals surface area contributed by atoms with Gasteiger partial charge in [0.05, 0.1) is 6.61 Å². The van der Waals surface area contributed by atoms with Crippen LogP contribution in [0.15, 0.2) is 24.5 Å². The molecule has 0 aromatic carbocycles. The standard InChI is InChI=1S/C9H14N2O/c1-8(7-12-2)11-9-3-5-10-6-4-9/h3-6,8H,7H2,1-2H3,(H,10,11). The summed E-state index contributed by atoms with van der Waals surface area (Å²) >= 11 is 0. The van der Waals surface area contributed by atoms with E-state index < -0.39 is 0 Å². The predicted octanol–water partition coefficient (Wildman–Crippen LogP) is 1.53. The molecule has 1 aromatic rings. The first-order valence-electron chi connectivity index (χ1n) is 3.98. The molecule has 1 aromatic heterocycles. The normalized spacial score (nSPS) is 12.5. The number of hydrogen-bond donors (Lipinski definition) is 1. The number of rotatable bonds is 4. The summed E-state index contributed by atoms with van der Waals surface area (Å²) in [5.41, 5.74) is 1.08. The van der Waals surface area contributed by atoms with E-state index in [-0.39, 0.29) is 0 Å². The first kappa shape index (κ1) is 9.00. The Balaban J connectivity index is 2.41. The van der Waals surface area contributed by atoms with Crippen molar-refractivity contribution >= 4 is 5.69 Å². The lowest BCUT2D eigenvalue weighted by molar-refractivity contribution is 0.190. The lowest BCUT2D eigenvalue weighted by atomic mass is 10.3. The van der Waals surface area contributed by atoms with Gasteiger partial charge in [0.1, 0.15) is 0 Å². The fourth-order valence-electron chi connectivity index (χ4n) is 1.02. The van der Waals surface area contributed by atoms with Gasteiger partial charge >= 0.3 is 0 Å². The number of aromatic nitrogens is 1. The maximum atomic E-state index is 5.00. The minimum Gasteiger partial charge on any atom is -0.383 e. The van der Waals surface area contributed by atoms with Gasteiger partial charge in [-0.2, -0.15) is 0 Å². The molecule has 0 amide bonds. The predicted molar refractivity (Wildman–Crippen MR) is 49.2 cm³/mol. The minimum absolute atomic E-state index is 0.331. The highest BCUT2D eigenvalue weighted by Crippen LogP contribution is 2.04. The van der Waals surface area contributed by atoms with E-state index in [0.29, 0.717) is 12.6 Å². The number of methoxy groups -OCH3 is 1. The Morgan fingerprint density at radius 2 is 2.17 bits per heavy atom. The molecule has 0 saturated heterocycles. The Hall–Kier alpha value is -1.09. The molecule has 1 heterocycles. The third kappa shape index (κ3) is 2.88. The van der Waals surface area contributed by atoms with Crippen molar-refractivity contribution in [3.05, 3.63) is 24.5 Å². The second-order valence-corrected chi connectivity index (χ2v) is 2.74. The highest BCUT2D eigenvalue weighted by Gasteiger charge is 1.98. The summed E-state index contributed by atoms with van der Waals surface area (Å²) in [6.07, 6.45) is 3.53. The van der Waals surface area contributed by atoms with Gasteiger partial charge in [-0.25, -0.2) is 0 Å². The van der Waals surface area contributed by atoms with E-state index in [1.165, 1.54) is 0 Å². The zero-order chi connectivity index (χ0) is 8.81. The van der Waals surface area contributed by atoms with Crippen LogP contribution >= 0.6 is 0 Å². The quantitative estimate of drug-likeness (QED) is 0.736. The van der Waals surface area contributed by atoms with Gasteiger partial charge in [-0.1, -0.05) is 0 Å². The zero-order valence-electron chi connectivity index (χ0n) is 7.45. The maximum absolute atomic E-state index is 5.00. The third-order valence-electron chi connectivity index (χ3n) is 1.51. The van der Waals surface area contributed by atoms with Crippen LogP contribution in [0.3, 0.4) is 0 Å². The molecule has 0 aliphatic heterocycles. The molecule has 12 heavy (non-hydrogen) atoms. The molecule has 0 aliphatic rings. The Kier molecular flexibility index (Phi) is 3.54. The van der Waals surface area contributed by atoms with Crippen LogP contribution in [0.2, 0.25) is 0 Å². The molecule has 1 rings (SSSR count). The van der Waals surface area contributed by atoms with Crippen molar-refractivity contribution in [1.29, 1.82) is 0 Å². The molecule has 0 aliphatic carbocycles. The second kappa shape index (κ2) is 4.72. The maximum Gasteiger partial charge on any atom is 0.0661 e. The molecular weight excluding hydrogens is 152 g/mol. The van der Waals surface area contributed by atoms with E-state index in [0.717, 1.165) is 5.69 Å². The average Bonchev–Trinajstić information content (AvgIpc) is 2.06. The van der Waals surface area contributed by atoms with Crippen molar-refractivity contribution in [2.45, 2.75) is 13.0 Å². The number of anilines is 1. The molecule has 0 spiro atoms. The molecule has 1 atom stereocenters. The Morgan fingerprint density at radius 1 is 1.50 bits per heavy atom. The Bertz CT molecular complexity index is 213. The first-order valence-corrected chi connectivity index (χ1v) is 3.98. The van der Waals surface area contributed by atoms with E-state index in [4.69, 9.17) is 4.74 Å². The van der Waals surface area contributed by atoms with Crippen LogP contribution in [0.1, 0.15) is 6.92 Å². The van der Waals surface area contributed by atoms with Gasteiger partial charge in [0.15, 0.2) is 0 Å². The third-order valence-corrected chi connectivity index (χ3v) is 1.51. The smallest absolute Gasteiger partial charge is 0.0661 e. The van der Waals surface area contributed by atoms with Gasteiger partial charge in [-0.15, -0.1) is 0 Å². The number of ether oxygens (including phenoxy) is 1. The van der Waals surface area contributed by atoms with E-state index >= 15 is 0 Å². The second-order valence-electron chi connectivity index (χ2n) is 2.74. The van der Waals surface area contributed by atoms with Crippen LogP contribution < -0.4 is 5.32 Å². The molecule has 0 saturated carbocycles. The molecule has 1 unspecified atom stereocenters. The van der Waals surface area contributed by atoms with Crippen molar-refractivity contribution < 1.29 is 4.74 Å². The lowest BCUT2D eigenvalue weighted by Gasteiger charge is -2.13. The first-order chi connectivity index (χ1) is 5.83. The Labute approximate surface area is 72.8 Å². The zero-order valence-corrected chi connectivity index (χ0v) is 7.45. The highest BCUT2D eigenvalue weighted by atomic mass is 16.5. The molecule has 66 valence electrons.